The number of hydrogen-bond acceptors (Lipinski definition) is 4. The van der Waals surface area contributed by atoms with Crippen LogP contribution in [-0.2, 0) is 0 Å². The highest BCUT2D eigenvalue weighted by molar-refractivity contribution is 5.58. The van der Waals surface area contributed by atoms with Gasteiger partial charge in [-0.05, 0) is 44.2 Å². The van der Waals surface area contributed by atoms with Crippen molar-refractivity contribution in [2.45, 2.75) is 26.7 Å². The van der Waals surface area contributed by atoms with Gasteiger partial charge in [-0.1, -0.05) is 5.92 Å². The average molecular weight is 366 g/mol. The number of nitrogens with zero attached hydrogens (tertiary/aromatic N) is 5. The molecule has 4 rings (SSSR count). The molecule has 5 heteroatoms. The molecule has 2 fully saturated rings. The summed E-state index contributed by atoms with van der Waals surface area (Å²) < 4.78 is 2.14. The summed E-state index contributed by atoms with van der Waals surface area (Å²) in [7, 11) is 0. The van der Waals surface area contributed by atoms with Crippen LogP contribution in [0, 0.1) is 24.7 Å². The topological polar surface area (TPSA) is 27.0 Å². The molecule has 2 aliphatic heterocycles. The van der Waals surface area contributed by atoms with Crippen molar-refractivity contribution in [2.75, 3.05) is 57.3 Å². The molecule has 27 heavy (non-hydrogen) atoms. The first kappa shape index (κ1) is 18.3. The van der Waals surface area contributed by atoms with E-state index in [2.05, 4.69) is 55.1 Å². The Hall–Kier alpha value is -2.03. The molecule has 2 aromatic rings. The number of piperidine rings is 1. The van der Waals surface area contributed by atoms with E-state index >= 15 is 0 Å². The molecule has 2 saturated heterocycles. The van der Waals surface area contributed by atoms with Crippen molar-refractivity contribution < 1.29 is 0 Å². The summed E-state index contributed by atoms with van der Waals surface area (Å²) in [5.41, 5.74) is 3.73. The Labute approximate surface area is 163 Å². The van der Waals surface area contributed by atoms with Crippen molar-refractivity contribution in [3.05, 3.63) is 30.2 Å². The van der Waals surface area contributed by atoms with Crippen LogP contribution in [0.15, 0.2) is 24.7 Å². The molecule has 0 spiro atoms. The van der Waals surface area contributed by atoms with Crippen LogP contribution < -0.4 is 4.90 Å². The number of hydrogen-bond donors (Lipinski definition) is 0. The van der Waals surface area contributed by atoms with Crippen molar-refractivity contribution >= 4 is 11.3 Å². The molecule has 0 radical (unpaired) electrons. The second kappa shape index (κ2) is 8.33. The van der Waals surface area contributed by atoms with Crippen LogP contribution >= 0.6 is 0 Å². The van der Waals surface area contributed by atoms with Crippen molar-refractivity contribution in [3.63, 3.8) is 0 Å². The fraction of sp³-hybridized carbons (Fsp3) is 0.591. The van der Waals surface area contributed by atoms with Gasteiger partial charge in [-0.25, -0.2) is 4.98 Å². The highest BCUT2D eigenvalue weighted by atomic mass is 15.3. The van der Waals surface area contributed by atoms with E-state index in [1.807, 2.05) is 19.3 Å². The number of anilines is 1. The maximum atomic E-state index is 4.39. The zero-order valence-electron chi connectivity index (χ0n) is 16.7. The van der Waals surface area contributed by atoms with E-state index in [-0.39, 0.29) is 0 Å². The summed E-state index contributed by atoms with van der Waals surface area (Å²) in [6.07, 6.45) is 8.75. The lowest BCUT2D eigenvalue weighted by molar-refractivity contribution is 0.121. The smallest absolute Gasteiger partial charge is 0.137 e. The van der Waals surface area contributed by atoms with Crippen LogP contribution in [-0.4, -0.2) is 71.5 Å². The first-order chi connectivity index (χ1) is 13.2. The van der Waals surface area contributed by atoms with Crippen LogP contribution in [0.1, 0.15) is 25.3 Å². The Morgan fingerprint density at radius 2 is 1.81 bits per heavy atom. The number of fused-ring (bicyclic) bond motifs is 1. The van der Waals surface area contributed by atoms with Gasteiger partial charge >= 0.3 is 0 Å². The van der Waals surface area contributed by atoms with E-state index in [9.17, 15) is 0 Å². The Morgan fingerprint density at radius 1 is 1.07 bits per heavy atom. The van der Waals surface area contributed by atoms with E-state index in [1.165, 1.54) is 43.7 Å². The third-order valence-electron chi connectivity index (χ3n) is 6.13. The number of piperazine rings is 1. The molecule has 0 N–H and O–H groups in total. The standard InChI is InChI=1S/C22H31N5/c1-3-4-8-24-12-14-25(15-13-24)17-20-5-9-26(10-6-20)21-18-27-11-7-23-22(27)16-19(21)2/h7,11,16,18,20H,5-6,8-10,12-15,17H2,1-2H3. The molecule has 2 aliphatic rings. The summed E-state index contributed by atoms with van der Waals surface area (Å²) in [4.78, 5) is 12.1. The lowest BCUT2D eigenvalue weighted by atomic mass is 9.95. The molecular formula is C22H31N5. The second-order valence-corrected chi connectivity index (χ2v) is 7.97. The van der Waals surface area contributed by atoms with Gasteiger partial charge in [-0.3, -0.25) is 4.90 Å². The van der Waals surface area contributed by atoms with Crippen molar-refractivity contribution in [1.82, 2.24) is 19.2 Å². The highest BCUT2D eigenvalue weighted by Crippen LogP contribution is 2.27. The summed E-state index contributed by atoms with van der Waals surface area (Å²) in [5.74, 6) is 7.04. The van der Waals surface area contributed by atoms with Crippen molar-refractivity contribution in [1.29, 1.82) is 0 Å². The minimum atomic E-state index is 0.834. The molecular weight excluding hydrogens is 334 g/mol. The highest BCUT2D eigenvalue weighted by Gasteiger charge is 2.24. The summed E-state index contributed by atoms with van der Waals surface area (Å²) >= 11 is 0. The van der Waals surface area contributed by atoms with Gasteiger partial charge in [0.1, 0.15) is 5.65 Å². The van der Waals surface area contributed by atoms with Crippen LogP contribution in [0.2, 0.25) is 0 Å². The van der Waals surface area contributed by atoms with Gasteiger partial charge in [-0.2, -0.15) is 0 Å². The van der Waals surface area contributed by atoms with E-state index in [1.54, 1.807) is 0 Å². The fourth-order valence-corrected chi connectivity index (χ4v) is 4.42. The third-order valence-corrected chi connectivity index (χ3v) is 6.13. The monoisotopic (exact) mass is 365 g/mol. The first-order valence-corrected chi connectivity index (χ1v) is 10.3. The number of imidazole rings is 1. The quantitative estimate of drug-likeness (QED) is 0.778. The maximum Gasteiger partial charge on any atom is 0.137 e. The molecule has 0 atom stereocenters. The number of rotatable bonds is 4. The van der Waals surface area contributed by atoms with Crippen LogP contribution in [0.25, 0.3) is 5.65 Å². The van der Waals surface area contributed by atoms with Gasteiger partial charge < -0.3 is 14.2 Å². The van der Waals surface area contributed by atoms with E-state index in [0.29, 0.717) is 0 Å². The summed E-state index contributed by atoms with van der Waals surface area (Å²) in [6.45, 7) is 13.4. The van der Waals surface area contributed by atoms with E-state index in [4.69, 9.17) is 0 Å². The number of pyridine rings is 1. The van der Waals surface area contributed by atoms with E-state index in [0.717, 1.165) is 44.3 Å². The fourth-order valence-electron chi connectivity index (χ4n) is 4.42. The molecule has 5 nitrogen and oxygen atoms in total. The lowest BCUT2D eigenvalue weighted by Gasteiger charge is -2.39. The normalized spacial score (nSPS) is 20.0. The maximum absolute atomic E-state index is 4.39. The Morgan fingerprint density at radius 3 is 2.56 bits per heavy atom. The molecule has 0 aromatic carbocycles. The largest absolute Gasteiger partial charge is 0.370 e. The SMILES string of the molecule is CC#CCN1CCN(CC2CCN(c3cn4ccnc4cc3C)CC2)CC1. The molecule has 0 aliphatic carbocycles. The van der Waals surface area contributed by atoms with Gasteiger partial charge in [0.2, 0.25) is 0 Å². The van der Waals surface area contributed by atoms with Gasteiger partial charge in [0, 0.05) is 64.4 Å². The summed E-state index contributed by atoms with van der Waals surface area (Å²) in [5, 5.41) is 0. The Bertz CT molecular complexity index is 814. The van der Waals surface area contributed by atoms with Crippen molar-refractivity contribution in [3.8, 4) is 11.8 Å². The molecule has 0 bridgehead atoms. The second-order valence-electron chi connectivity index (χ2n) is 7.97. The molecule has 0 amide bonds. The minimum Gasteiger partial charge on any atom is -0.370 e. The van der Waals surface area contributed by atoms with Gasteiger partial charge in [0.25, 0.3) is 0 Å². The van der Waals surface area contributed by atoms with Gasteiger partial charge in [0.05, 0.1) is 12.2 Å². The zero-order chi connectivity index (χ0) is 18.6. The predicted octanol–water partition coefficient (Wildman–Crippen LogP) is 2.50. The molecule has 0 saturated carbocycles. The first-order valence-electron chi connectivity index (χ1n) is 10.3. The average Bonchev–Trinajstić information content (AvgIpc) is 3.15. The zero-order valence-corrected chi connectivity index (χ0v) is 16.7. The van der Waals surface area contributed by atoms with Crippen LogP contribution in [0.5, 0.6) is 0 Å². The number of aryl methyl sites for hydroxylation is 1. The van der Waals surface area contributed by atoms with E-state index < -0.39 is 0 Å². The molecule has 0 unspecified atom stereocenters. The van der Waals surface area contributed by atoms with Crippen LogP contribution in [0.4, 0.5) is 5.69 Å². The Balaban J connectivity index is 1.27. The third kappa shape index (κ3) is 4.28. The van der Waals surface area contributed by atoms with Crippen molar-refractivity contribution in [2.24, 2.45) is 5.92 Å². The molecule has 4 heterocycles. The minimum absolute atomic E-state index is 0.834. The van der Waals surface area contributed by atoms with Crippen LogP contribution in [0.3, 0.4) is 0 Å². The Kier molecular flexibility index (Phi) is 5.66. The number of aromatic nitrogens is 2. The molecule has 144 valence electrons. The van der Waals surface area contributed by atoms with Gasteiger partial charge in [-0.15, -0.1) is 5.92 Å². The lowest BCUT2D eigenvalue weighted by Crippen LogP contribution is -2.48. The molecule has 2 aromatic heterocycles. The predicted molar refractivity (Wildman–Crippen MR) is 111 cm³/mol. The van der Waals surface area contributed by atoms with Gasteiger partial charge in [0.15, 0.2) is 0 Å². The summed E-state index contributed by atoms with van der Waals surface area (Å²) in [6, 6.07) is 2.20.